The summed E-state index contributed by atoms with van der Waals surface area (Å²) in [5.41, 5.74) is 6.16. The molecule has 0 bridgehead atoms. The zero-order chi connectivity index (χ0) is 4.28. The van der Waals surface area contributed by atoms with Gasteiger partial charge in [-0.05, 0) is 0 Å². The first-order valence-corrected chi connectivity index (χ1v) is 1.17. The summed E-state index contributed by atoms with van der Waals surface area (Å²) in [6.45, 7) is -0.444. The maximum absolute atomic E-state index is 7.73. The van der Waals surface area contributed by atoms with Crippen LogP contribution in [-0.4, -0.2) is 17.5 Å². The van der Waals surface area contributed by atoms with Crippen molar-refractivity contribution in [3.63, 3.8) is 0 Å². The Bertz CT molecular complexity index is 42.9. The first-order chi connectivity index (χ1) is 2.27. The van der Waals surface area contributed by atoms with E-state index in [0.29, 0.717) is 0 Å². The van der Waals surface area contributed by atoms with Crippen LogP contribution in [0.2, 0.25) is 0 Å². The number of aliphatic hydroxyl groups is 1. The molecule has 29 valence electrons. The lowest BCUT2D eigenvalue weighted by Crippen LogP contribution is -2.00. The summed E-state index contributed by atoms with van der Waals surface area (Å²) in [6, 6.07) is 0. The van der Waals surface area contributed by atoms with Crippen LogP contribution < -0.4 is 5.73 Å². The fourth-order valence-corrected chi connectivity index (χ4v) is 0. The van der Waals surface area contributed by atoms with Gasteiger partial charge in [0.2, 0.25) is 0 Å². The van der Waals surface area contributed by atoms with Crippen molar-refractivity contribution >= 4 is 5.84 Å². The Kier molecular flexibility index (Phi) is 1.53. The van der Waals surface area contributed by atoms with E-state index >= 15 is 0 Å². The van der Waals surface area contributed by atoms with Gasteiger partial charge >= 0.3 is 0 Å². The second kappa shape index (κ2) is 1.72. The minimum atomic E-state index is -0.444. The van der Waals surface area contributed by atoms with E-state index in [1.807, 2.05) is 0 Å². The van der Waals surface area contributed by atoms with E-state index in [1.54, 1.807) is 0 Å². The van der Waals surface area contributed by atoms with E-state index < -0.39 is 12.4 Å². The maximum atomic E-state index is 7.73. The Morgan fingerprint density at radius 1 is 1.80 bits per heavy atom. The summed E-state index contributed by atoms with van der Waals surface area (Å²) in [5.74, 6) is -0.440. The van der Waals surface area contributed by atoms with Gasteiger partial charge < -0.3 is 5.11 Å². The minimum Gasteiger partial charge on any atom is -0.388 e. The van der Waals surface area contributed by atoms with E-state index in [9.17, 15) is 0 Å². The fourth-order valence-electron chi connectivity index (χ4n) is 0. The first kappa shape index (κ1) is 4.43. The molecular formula is C2H5N2O. The third-order valence-corrected chi connectivity index (χ3v) is 0.158. The van der Waals surface area contributed by atoms with E-state index in [-0.39, 0.29) is 0 Å². The summed E-state index contributed by atoms with van der Waals surface area (Å²) in [6.07, 6.45) is 0. The number of hydrogen-bond donors (Lipinski definition) is 2. The smallest absolute Gasteiger partial charge is 0.138 e. The van der Waals surface area contributed by atoms with Gasteiger partial charge in [0, 0.05) is 0 Å². The van der Waals surface area contributed by atoms with Gasteiger partial charge in [-0.25, -0.2) is 0 Å². The molecule has 0 unspecified atom stereocenters. The molecule has 0 aromatic carbocycles. The zero-order valence-electron chi connectivity index (χ0n) is 2.65. The molecule has 0 atom stereocenters. The van der Waals surface area contributed by atoms with Gasteiger partial charge in [0.1, 0.15) is 12.4 Å². The highest BCUT2D eigenvalue weighted by Crippen LogP contribution is 1.48. The largest absolute Gasteiger partial charge is 0.388 e. The third-order valence-electron chi connectivity index (χ3n) is 0.158. The van der Waals surface area contributed by atoms with E-state index in [2.05, 4.69) is 0 Å². The van der Waals surface area contributed by atoms with E-state index in [0.717, 1.165) is 0 Å². The highest BCUT2D eigenvalue weighted by atomic mass is 16.3. The van der Waals surface area contributed by atoms with Crippen LogP contribution in [0.25, 0.3) is 0 Å². The van der Waals surface area contributed by atoms with Crippen LogP contribution in [0, 0.1) is 5.41 Å². The molecular weight excluding hydrogens is 68.0 g/mol. The molecule has 0 aromatic heterocycles. The number of rotatable bonds is 1. The summed E-state index contributed by atoms with van der Waals surface area (Å²) < 4.78 is 0. The van der Waals surface area contributed by atoms with Gasteiger partial charge in [-0.3, -0.25) is 11.1 Å². The standard InChI is InChI=1S/C2H5N2O/c3-2(4)1-5/h3-5H,1H2. The van der Waals surface area contributed by atoms with Crippen molar-refractivity contribution < 1.29 is 5.11 Å². The molecule has 0 saturated carbocycles. The second-order valence-corrected chi connectivity index (χ2v) is 0.637. The van der Waals surface area contributed by atoms with Crippen molar-refractivity contribution in [1.29, 1.82) is 5.41 Å². The lowest BCUT2D eigenvalue weighted by Gasteiger charge is -1.76. The molecule has 0 aliphatic heterocycles. The molecule has 3 N–H and O–H groups in total. The molecule has 0 spiro atoms. The molecule has 1 radical (unpaired) electrons. The van der Waals surface area contributed by atoms with Crippen LogP contribution >= 0.6 is 0 Å². The Balaban J connectivity index is 2.85. The van der Waals surface area contributed by atoms with E-state index in [1.165, 1.54) is 0 Å². The molecule has 0 heterocycles. The quantitative estimate of drug-likeness (QED) is 0.311. The molecule has 5 heavy (non-hydrogen) atoms. The maximum Gasteiger partial charge on any atom is 0.138 e. The van der Waals surface area contributed by atoms with Crippen LogP contribution in [0.4, 0.5) is 0 Å². The number of amidine groups is 1. The molecule has 0 saturated heterocycles. The topological polar surface area (TPSA) is 67.9 Å². The third kappa shape index (κ3) is 3.43. The highest BCUT2D eigenvalue weighted by Gasteiger charge is 1.74. The van der Waals surface area contributed by atoms with Gasteiger partial charge in [-0.1, -0.05) is 0 Å². The summed E-state index contributed by atoms with van der Waals surface area (Å²) in [4.78, 5) is 0. The van der Waals surface area contributed by atoms with Crippen LogP contribution in [0.15, 0.2) is 0 Å². The fraction of sp³-hybridized carbons (Fsp3) is 0.500. The van der Waals surface area contributed by atoms with Crippen molar-refractivity contribution in [2.45, 2.75) is 0 Å². The van der Waals surface area contributed by atoms with Gasteiger partial charge in [-0.15, -0.1) is 0 Å². The average Bonchev–Trinajstić information content (AvgIpc) is 1.38. The van der Waals surface area contributed by atoms with Gasteiger partial charge in [0.15, 0.2) is 0 Å². The molecule has 3 heteroatoms. The van der Waals surface area contributed by atoms with Crippen molar-refractivity contribution in [2.24, 2.45) is 0 Å². The molecule has 0 aliphatic rings. The zero-order valence-corrected chi connectivity index (χ0v) is 2.65. The minimum absolute atomic E-state index is 0.440. The molecule has 0 amide bonds. The lowest BCUT2D eigenvalue weighted by molar-refractivity contribution is 0.355. The monoisotopic (exact) mass is 73.0 g/mol. The number of hydrogen-bond acceptors (Lipinski definition) is 2. The molecule has 3 nitrogen and oxygen atoms in total. The van der Waals surface area contributed by atoms with Crippen molar-refractivity contribution in [3.05, 3.63) is 0 Å². The summed E-state index contributed by atoms with van der Waals surface area (Å²) in [5, 5.41) is 13.9. The molecule has 0 aromatic rings. The first-order valence-electron chi connectivity index (χ1n) is 1.17. The van der Waals surface area contributed by atoms with Crippen LogP contribution in [0.5, 0.6) is 0 Å². The van der Waals surface area contributed by atoms with Gasteiger partial charge in [0.25, 0.3) is 0 Å². The Labute approximate surface area is 29.9 Å². The van der Waals surface area contributed by atoms with Crippen molar-refractivity contribution in [2.75, 3.05) is 6.61 Å². The van der Waals surface area contributed by atoms with Gasteiger partial charge in [-0.2, -0.15) is 0 Å². The Morgan fingerprint density at radius 2 is 2.00 bits per heavy atom. The predicted octanol–water partition coefficient (Wildman–Crippen LogP) is -0.761. The average molecular weight is 73.1 g/mol. The number of aliphatic hydroxyl groups excluding tert-OH is 1. The van der Waals surface area contributed by atoms with Crippen molar-refractivity contribution in [1.82, 2.24) is 5.73 Å². The summed E-state index contributed by atoms with van der Waals surface area (Å²) >= 11 is 0. The summed E-state index contributed by atoms with van der Waals surface area (Å²) in [7, 11) is 0. The lowest BCUT2D eigenvalue weighted by atomic mass is 10.7. The Morgan fingerprint density at radius 3 is 2.00 bits per heavy atom. The predicted molar refractivity (Wildman–Crippen MR) is 17.9 cm³/mol. The Hall–Kier alpha value is -0.570. The second-order valence-electron chi connectivity index (χ2n) is 0.637. The van der Waals surface area contributed by atoms with Gasteiger partial charge in [0.05, 0.1) is 0 Å². The highest BCUT2D eigenvalue weighted by molar-refractivity contribution is 5.76. The van der Waals surface area contributed by atoms with E-state index in [4.69, 9.17) is 16.2 Å². The molecule has 0 fully saturated rings. The van der Waals surface area contributed by atoms with Crippen LogP contribution in [0.3, 0.4) is 0 Å². The molecule has 0 rings (SSSR count). The van der Waals surface area contributed by atoms with Crippen molar-refractivity contribution in [3.8, 4) is 0 Å². The number of nitrogens with one attached hydrogen (secondary N) is 2. The molecule has 0 aliphatic carbocycles. The SMILES string of the molecule is [NH]C(=N)CO. The normalized spacial score (nSPS) is 7.40. The van der Waals surface area contributed by atoms with Crippen LogP contribution in [-0.2, 0) is 0 Å². The van der Waals surface area contributed by atoms with Crippen LogP contribution in [0.1, 0.15) is 0 Å².